The summed E-state index contributed by atoms with van der Waals surface area (Å²) in [6.07, 6.45) is -12.2. The van der Waals surface area contributed by atoms with E-state index < -0.39 is 104 Å². The largest absolute Gasteiger partial charge is 0.511 e. The first-order valence-corrected chi connectivity index (χ1v) is 13.7. The van der Waals surface area contributed by atoms with Crippen LogP contribution in [0.1, 0.15) is 67.2 Å². The van der Waals surface area contributed by atoms with Crippen molar-refractivity contribution in [3.63, 3.8) is 0 Å². The molecule has 4 aliphatic carbocycles. The molecule has 4 unspecified atom stereocenters. The van der Waals surface area contributed by atoms with Crippen molar-refractivity contribution in [3.8, 4) is 0 Å². The predicted molar refractivity (Wildman–Crippen MR) is 130 cm³/mol. The molecule has 0 spiro atoms. The fourth-order valence-corrected chi connectivity index (χ4v) is 7.29. The third kappa shape index (κ3) is 5.04. The van der Waals surface area contributed by atoms with E-state index in [2.05, 4.69) is 0 Å². The Morgan fingerprint density at radius 3 is 0.957 bits per heavy atom. The summed E-state index contributed by atoms with van der Waals surface area (Å²) < 4.78 is 180. The van der Waals surface area contributed by atoms with Gasteiger partial charge in [0.15, 0.2) is 0 Å². The van der Waals surface area contributed by atoms with Gasteiger partial charge in [0.05, 0.1) is 0 Å². The Labute approximate surface area is 269 Å². The topological polar surface area (TPSA) is 74.6 Å². The maximum atomic E-state index is 13.7. The number of hydrogen-bond donors (Lipinski definition) is 2. The number of alkyl halides is 14. The molecule has 0 aromatic rings. The van der Waals surface area contributed by atoms with Crippen LogP contribution in [0.4, 0.5) is 61.5 Å². The van der Waals surface area contributed by atoms with E-state index in [1.807, 2.05) is 0 Å². The zero-order chi connectivity index (χ0) is 36.4. The molecule has 4 nitrogen and oxygen atoms in total. The third-order valence-electron chi connectivity index (χ3n) is 11.3. The van der Waals surface area contributed by atoms with Gasteiger partial charge in [-0.15, -0.1) is 0 Å². The second-order valence-electron chi connectivity index (χ2n) is 13.8. The number of halogens is 14. The molecule has 4 aliphatic rings. The van der Waals surface area contributed by atoms with E-state index in [1.54, 1.807) is 27.7 Å². The summed E-state index contributed by atoms with van der Waals surface area (Å²) in [6, 6.07) is 0. The van der Waals surface area contributed by atoms with E-state index in [9.17, 15) is 81.3 Å². The molecule has 4 rings (SSSR count). The van der Waals surface area contributed by atoms with Gasteiger partial charge in [-0.2, -0.15) is 61.5 Å². The first kappa shape index (κ1) is 41.1. The summed E-state index contributed by atoms with van der Waals surface area (Å²) in [7, 11) is 0. The molecule has 4 atom stereocenters. The summed E-state index contributed by atoms with van der Waals surface area (Å²) in [5.41, 5.74) is -6.01. The molecule has 2 saturated carbocycles. The van der Waals surface area contributed by atoms with Gasteiger partial charge in [-0.1, -0.05) is 41.5 Å². The molecule has 0 saturated heterocycles. The zero-order valence-electron chi connectivity index (χ0n) is 25.4. The number of carbonyl (C=O) groups is 2. The molecule has 4 bridgehead atoms. The molecule has 2 fully saturated rings. The minimum absolute atomic E-state index is 0. The molecular weight excluding hydrogens is 721 g/mol. The minimum Gasteiger partial charge on any atom is -0.511 e. The van der Waals surface area contributed by atoms with Gasteiger partial charge in [0.25, 0.3) is 0 Å². The Kier molecular flexibility index (Phi) is 9.61. The van der Waals surface area contributed by atoms with Crippen LogP contribution in [-0.2, 0) is 26.7 Å². The van der Waals surface area contributed by atoms with Crippen molar-refractivity contribution < 1.29 is 98.3 Å². The number of aliphatic hydroxyl groups excluding tert-OH is 2. The van der Waals surface area contributed by atoms with Crippen molar-refractivity contribution in [3.05, 3.63) is 22.7 Å². The molecule has 0 aliphatic heterocycles. The number of allylic oxidation sites excluding steroid dienone is 4. The standard InChI is InChI=1S/2C14H15F7O2.Mn/c2*1-10(2)6-4-5-11(10,3)8(22)7(6)9(23)12(15,16)13(17,18)14(19,20)21;/h2*6,22H,4-5H2,1-3H3;. The van der Waals surface area contributed by atoms with E-state index in [-0.39, 0.29) is 29.9 Å². The Morgan fingerprint density at radius 2 is 0.787 bits per heavy atom. The molecule has 1 radical (unpaired) electrons. The van der Waals surface area contributed by atoms with Crippen molar-refractivity contribution in [1.29, 1.82) is 0 Å². The van der Waals surface area contributed by atoms with Crippen LogP contribution in [0.2, 0.25) is 0 Å². The average Bonchev–Trinajstić information content (AvgIpc) is 3.37. The van der Waals surface area contributed by atoms with Crippen molar-refractivity contribution in [2.75, 3.05) is 0 Å². The summed E-state index contributed by atoms with van der Waals surface area (Å²) >= 11 is 0. The van der Waals surface area contributed by atoms with E-state index >= 15 is 0 Å². The molecule has 2 N–H and O–H groups in total. The van der Waals surface area contributed by atoms with Crippen LogP contribution in [0, 0.1) is 33.5 Å². The Morgan fingerprint density at radius 1 is 0.553 bits per heavy atom. The number of fused-ring (bicyclic) bond motifs is 4. The molecule has 0 heterocycles. The van der Waals surface area contributed by atoms with Crippen LogP contribution in [-0.4, -0.2) is 57.8 Å². The van der Waals surface area contributed by atoms with E-state index in [0.717, 1.165) is 0 Å². The number of rotatable bonds is 6. The smallest absolute Gasteiger partial charge is 0.460 e. The number of carbonyl (C=O) groups excluding carboxylic acids is 2. The van der Waals surface area contributed by atoms with Gasteiger partial charge >= 0.3 is 36.0 Å². The summed E-state index contributed by atoms with van der Waals surface area (Å²) in [6.45, 7) is 9.18. The summed E-state index contributed by atoms with van der Waals surface area (Å²) in [5.74, 6) is -33.9. The van der Waals surface area contributed by atoms with Gasteiger partial charge < -0.3 is 10.2 Å². The van der Waals surface area contributed by atoms with Crippen molar-refractivity contribution in [1.82, 2.24) is 0 Å². The Hall–Kier alpha value is -2.04. The number of ketones is 2. The summed E-state index contributed by atoms with van der Waals surface area (Å²) in [4.78, 5) is 23.7. The fraction of sp³-hybridized carbons (Fsp3) is 0.786. The van der Waals surface area contributed by atoms with Crippen LogP contribution < -0.4 is 0 Å². The quantitative estimate of drug-likeness (QED) is 0.210. The van der Waals surface area contributed by atoms with Crippen molar-refractivity contribution in [2.24, 2.45) is 33.5 Å². The fourth-order valence-electron chi connectivity index (χ4n) is 7.29. The van der Waals surface area contributed by atoms with E-state index in [0.29, 0.717) is 12.8 Å². The number of aliphatic hydroxyl groups is 2. The number of hydrogen-bond acceptors (Lipinski definition) is 4. The van der Waals surface area contributed by atoms with Gasteiger partial charge in [0.2, 0.25) is 11.6 Å². The predicted octanol–water partition coefficient (Wildman–Crippen LogP) is 9.31. The van der Waals surface area contributed by atoms with Crippen LogP contribution in [0.3, 0.4) is 0 Å². The maximum Gasteiger partial charge on any atom is 0.460 e. The second kappa shape index (κ2) is 11.0. The molecular formula is C28H30F14MnO4. The van der Waals surface area contributed by atoms with Gasteiger partial charge in [0, 0.05) is 39.0 Å². The monoisotopic (exact) mass is 751 g/mol. The zero-order valence-corrected chi connectivity index (χ0v) is 26.5. The van der Waals surface area contributed by atoms with Gasteiger partial charge in [-0.3, -0.25) is 9.59 Å². The van der Waals surface area contributed by atoms with E-state index in [4.69, 9.17) is 0 Å². The molecule has 0 aromatic heterocycles. The minimum atomic E-state index is -6.58. The van der Waals surface area contributed by atoms with Crippen LogP contribution in [0.25, 0.3) is 0 Å². The SMILES string of the molecule is CC12CCC(C(C(=O)C(F)(F)C(F)(F)C(F)(F)F)=C1O)C2(C)C.CC12CCC(C(C(=O)C(F)(F)C(F)(F)C(F)(F)F)=C1O)C2(C)C.[Mn]. The van der Waals surface area contributed by atoms with Crippen molar-refractivity contribution in [2.45, 2.75) is 103 Å². The van der Waals surface area contributed by atoms with Crippen molar-refractivity contribution >= 4 is 11.6 Å². The second-order valence-corrected chi connectivity index (χ2v) is 13.8. The normalized spacial score (nSPS) is 30.3. The van der Waals surface area contributed by atoms with Gasteiger partial charge in [-0.25, -0.2) is 0 Å². The summed E-state index contributed by atoms with van der Waals surface area (Å²) in [5, 5.41) is 20.2. The third-order valence-corrected chi connectivity index (χ3v) is 11.3. The Balaban J connectivity index is 0.000000320. The van der Waals surface area contributed by atoms with Crippen LogP contribution >= 0.6 is 0 Å². The molecule has 0 amide bonds. The molecule has 271 valence electrons. The van der Waals surface area contributed by atoms with E-state index in [1.165, 1.54) is 13.8 Å². The maximum absolute atomic E-state index is 13.7. The molecule has 0 aromatic carbocycles. The van der Waals surface area contributed by atoms with Crippen LogP contribution in [0.5, 0.6) is 0 Å². The number of Topliss-reactive ketones (excluding diaryl/α,β-unsaturated/α-hetero) is 2. The van der Waals surface area contributed by atoms with Crippen LogP contribution in [0.15, 0.2) is 22.7 Å². The van der Waals surface area contributed by atoms with Gasteiger partial charge in [-0.05, 0) is 48.3 Å². The van der Waals surface area contributed by atoms with Gasteiger partial charge in [0.1, 0.15) is 11.5 Å². The first-order valence-electron chi connectivity index (χ1n) is 13.7. The average molecular weight is 751 g/mol. The molecule has 47 heavy (non-hydrogen) atoms. The first-order chi connectivity index (χ1) is 20.1. The Bertz CT molecular complexity index is 1290. The molecule has 19 heteroatoms.